The Bertz CT molecular complexity index is 1140. The van der Waals surface area contributed by atoms with Gasteiger partial charge in [-0.2, -0.15) is 4.31 Å². The molecule has 2 aliphatic heterocycles. The van der Waals surface area contributed by atoms with Crippen LogP contribution in [-0.4, -0.2) is 49.2 Å². The second-order valence-electron chi connectivity index (χ2n) is 8.40. The summed E-state index contributed by atoms with van der Waals surface area (Å²) in [6, 6.07) is 10.4. The Morgan fingerprint density at radius 3 is 2.53 bits per heavy atom. The van der Waals surface area contributed by atoms with Crippen molar-refractivity contribution in [2.75, 3.05) is 29.9 Å². The van der Waals surface area contributed by atoms with Crippen LogP contribution in [-0.2, 0) is 26.0 Å². The summed E-state index contributed by atoms with van der Waals surface area (Å²) < 4.78 is 27.9. The zero-order valence-corrected chi connectivity index (χ0v) is 19.2. The molecule has 0 unspecified atom stereocenters. The summed E-state index contributed by atoms with van der Waals surface area (Å²) in [5.74, 6) is 0.0937. The van der Waals surface area contributed by atoms with Crippen LogP contribution in [0.25, 0.3) is 0 Å². The highest BCUT2D eigenvalue weighted by molar-refractivity contribution is 7.89. The first-order valence-electron chi connectivity index (χ1n) is 10.9. The smallest absolute Gasteiger partial charge is 0.243 e. The monoisotopic (exact) mass is 456 g/mol. The largest absolute Gasteiger partial charge is 0.312 e. The number of nitrogens with one attached hydrogen (secondary N) is 1. The highest BCUT2D eigenvalue weighted by atomic mass is 32.2. The zero-order chi connectivity index (χ0) is 22.9. The number of anilines is 2. The standard InChI is InChI=1S/C23H28N4O4S/c1-16-5-3-7-22(24-16)25-23(29)18-10-13-26(14-11-18)32(30,31)20-8-9-21-19(15-20)6-4-12-27(21)17(2)28/h3,5,7-9,15,18H,4,6,10-14H2,1-2H3,(H,24,25,29). The molecule has 1 saturated heterocycles. The van der Waals surface area contributed by atoms with E-state index in [2.05, 4.69) is 10.3 Å². The minimum Gasteiger partial charge on any atom is -0.312 e. The molecule has 9 heteroatoms. The lowest BCUT2D eigenvalue weighted by Crippen LogP contribution is -2.41. The van der Waals surface area contributed by atoms with Crippen LogP contribution in [0.1, 0.15) is 37.4 Å². The van der Waals surface area contributed by atoms with Crippen molar-refractivity contribution in [3.63, 3.8) is 0 Å². The number of sulfonamides is 1. The van der Waals surface area contributed by atoms with E-state index in [9.17, 15) is 18.0 Å². The Hall–Kier alpha value is -2.78. The van der Waals surface area contributed by atoms with Crippen molar-refractivity contribution in [1.29, 1.82) is 0 Å². The minimum absolute atomic E-state index is 0.0391. The quantitative estimate of drug-likeness (QED) is 0.763. The summed E-state index contributed by atoms with van der Waals surface area (Å²) in [6.45, 7) is 4.62. The number of hydrogen-bond acceptors (Lipinski definition) is 5. The van der Waals surface area contributed by atoms with E-state index in [0.29, 0.717) is 38.3 Å². The van der Waals surface area contributed by atoms with Crippen molar-refractivity contribution in [3.05, 3.63) is 47.7 Å². The molecule has 3 heterocycles. The van der Waals surface area contributed by atoms with E-state index in [1.165, 1.54) is 11.2 Å². The number of benzene rings is 1. The van der Waals surface area contributed by atoms with Crippen molar-refractivity contribution < 1.29 is 18.0 Å². The molecule has 8 nitrogen and oxygen atoms in total. The molecule has 1 N–H and O–H groups in total. The molecule has 2 aromatic rings. The van der Waals surface area contributed by atoms with Gasteiger partial charge in [-0.3, -0.25) is 9.59 Å². The number of hydrogen-bond donors (Lipinski definition) is 1. The fraction of sp³-hybridized carbons (Fsp3) is 0.435. The third-order valence-corrected chi connectivity index (χ3v) is 8.05. The molecule has 2 aliphatic rings. The van der Waals surface area contributed by atoms with E-state index in [1.54, 1.807) is 29.2 Å². The Morgan fingerprint density at radius 2 is 1.84 bits per heavy atom. The van der Waals surface area contributed by atoms with Gasteiger partial charge in [0.05, 0.1) is 4.90 Å². The lowest BCUT2D eigenvalue weighted by atomic mass is 9.97. The average Bonchev–Trinajstić information content (AvgIpc) is 2.78. The van der Waals surface area contributed by atoms with Crippen LogP contribution in [0.5, 0.6) is 0 Å². The molecule has 1 aromatic carbocycles. The van der Waals surface area contributed by atoms with Gasteiger partial charge in [0.25, 0.3) is 0 Å². The molecule has 170 valence electrons. The number of piperidine rings is 1. The van der Waals surface area contributed by atoms with E-state index in [4.69, 9.17) is 0 Å². The van der Waals surface area contributed by atoms with Gasteiger partial charge >= 0.3 is 0 Å². The molecule has 0 aliphatic carbocycles. The zero-order valence-electron chi connectivity index (χ0n) is 18.4. The second-order valence-corrected chi connectivity index (χ2v) is 10.3. The van der Waals surface area contributed by atoms with Crippen LogP contribution in [0.2, 0.25) is 0 Å². The van der Waals surface area contributed by atoms with Crippen molar-refractivity contribution in [2.45, 2.75) is 44.4 Å². The van der Waals surface area contributed by atoms with E-state index in [1.807, 2.05) is 19.1 Å². The predicted octanol–water partition coefficient (Wildman–Crippen LogP) is 2.73. The molecule has 0 radical (unpaired) electrons. The maximum absolute atomic E-state index is 13.2. The molecule has 1 aromatic heterocycles. The van der Waals surface area contributed by atoms with Crippen molar-refractivity contribution in [3.8, 4) is 0 Å². The van der Waals surface area contributed by atoms with Crippen LogP contribution in [0.15, 0.2) is 41.3 Å². The van der Waals surface area contributed by atoms with Crippen molar-refractivity contribution >= 4 is 33.3 Å². The normalized spacial score (nSPS) is 17.6. The van der Waals surface area contributed by atoms with Gasteiger partial charge in [-0.05, 0) is 68.5 Å². The number of aromatic nitrogens is 1. The number of aryl methyl sites for hydroxylation is 2. The Balaban J connectivity index is 1.43. The molecule has 0 spiro atoms. The first-order valence-corrected chi connectivity index (χ1v) is 12.4. The van der Waals surface area contributed by atoms with E-state index >= 15 is 0 Å². The third-order valence-electron chi connectivity index (χ3n) is 6.15. The molecule has 0 atom stereocenters. The molecule has 1 fully saturated rings. The Labute approximate surface area is 188 Å². The summed E-state index contributed by atoms with van der Waals surface area (Å²) in [5, 5.41) is 2.83. The van der Waals surface area contributed by atoms with E-state index in [-0.39, 0.29) is 22.6 Å². The number of fused-ring (bicyclic) bond motifs is 1. The van der Waals surface area contributed by atoms with Crippen LogP contribution in [0, 0.1) is 12.8 Å². The predicted molar refractivity (Wildman–Crippen MR) is 122 cm³/mol. The number of pyridine rings is 1. The van der Waals surface area contributed by atoms with Gasteiger partial charge in [0.1, 0.15) is 5.82 Å². The number of nitrogens with zero attached hydrogens (tertiary/aromatic N) is 3. The highest BCUT2D eigenvalue weighted by Crippen LogP contribution is 2.31. The number of rotatable bonds is 4. The molecule has 0 saturated carbocycles. The molecule has 2 amide bonds. The van der Waals surface area contributed by atoms with Gasteiger partial charge in [0.2, 0.25) is 21.8 Å². The summed E-state index contributed by atoms with van der Waals surface area (Å²) in [4.78, 5) is 30.7. The van der Waals surface area contributed by atoms with Gasteiger partial charge in [0, 0.05) is 43.9 Å². The molecular weight excluding hydrogens is 428 g/mol. The van der Waals surface area contributed by atoms with E-state index < -0.39 is 10.0 Å². The Kier molecular flexibility index (Phi) is 6.30. The molecule has 4 rings (SSSR count). The van der Waals surface area contributed by atoms with Crippen molar-refractivity contribution in [2.24, 2.45) is 5.92 Å². The fourth-order valence-corrected chi connectivity index (χ4v) is 5.93. The topological polar surface area (TPSA) is 99.7 Å². The first-order chi connectivity index (χ1) is 15.3. The lowest BCUT2D eigenvalue weighted by Gasteiger charge is -2.32. The van der Waals surface area contributed by atoms with Gasteiger partial charge in [0.15, 0.2) is 0 Å². The van der Waals surface area contributed by atoms with Gasteiger partial charge in [-0.1, -0.05) is 6.07 Å². The van der Waals surface area contributed by atoms with Crippen LogP contribution < -0.4 is 10.2 Å². The van der Waals surface area contributed by atoms with Crippen LogP contribution in [0.3, 0.4) is 0 Å². The number of carbonyl (C=O) groups is 2. The maximum atomic E-state index is 13.2. The highest BCUT2D eigenvalue weighted by Gasteiger charge is 2.33. The maximum Gasteiger partial charge on any atom is 0.243 e. The van der Waals surface area contributed by atoms with Crippen molar-refractivity contribution in [1.82, 2.24) is 9.29 Å². The number of amides is 2. The van der Waals surface area contributed by atoms with Crippen LogP contribution >= 0.6 is 0 Å². The molecule has 0 bridgehead atoms. The fourth-order valence-electron chi connectivity index (χ4n) is 4.41. The average molecular weight is 457 g/mol. The van der Waals surface area contributed by atoms with E-state index in [0.717, 1.165) is 29.8 Å². The lowest BCUT2D eigenvalue weighted by molar-refractivity contribution is -0.121. The summed E-state index contributed by atoms with van der Waals surface area (Å²) >= 11 is 0. The molecular formula is C23H28N4O4S. The summed E-state index contributed by atoms with van der Waals surface area (Å²) in [7, 11) is -3.66. The third kappa shape index (κ3) is 4.54. The minimum atomic E-state index is -3.66. The molecule has 32 heavy (non-hydrogen) atoms. The Morgan fingerprint density at radius 1 is 1.09 bits per heavy atom. The first kappa shape index (κ1) is 22.4. The van der Waals surface area contributed by atoms with Gasteiger partial charge in [-0.15, -0.1) is 0 Å². The SMILES string of the molecule is CC(=O)N1CCCc2cc(S(=O)(=O)N3CCC(C(=O)Nc4cccc(C)n4)CC3)ccc21. The number of carbonyl (C=O) groups excluding carboxylic acids is 2. The van der Waals surface area contributed by atoms with Gasteiger partial charge in [-0.25, -0.2) is 13.4 Å². The summed E-state index contributed by atoms with van der Waals surface area (Å²) in [5.41, 5.74) is 2.50. The summed E-state index contributed by atoms with van der Waals surface area (Å²) in [6.07, 6.45) is 2.48. The van der Waals surface area contributed by atoms with Gasteiger partial charge < -0.3 is 10.2 Å². The second kappa shape index (κ2) is 8.99. The van der Waals surface area contributed by atoms with Crippen LogP contribution in [0.4, 0.5) is 11.5 Å².